The summed E-state index contributed by atoms with van der Waals surface area (Å²) in [7, 11) is 1.52. The summed E-state index contributed by atoms with van der Waals surface area (Å²) in [5, 5.41) is 5.36. The van der Waals surface area contributed by atoms with Gasteiger partial charge in [0.05, 0.1) is 12.8 Å². The van der Waals surface area contributed by atoms with Gasteiger partial charge in [-0.1, -0.05) is 12.1 Å². The lowest BCUT2D eigenvalue weighted by molar-refractivity contribution is -0.136. The van der Waals surface area contributed by atoms with Crippen molar-refractivity contribution in [3.8, 4) is 5.75 Å². The van der Waals surface area contributed by atoms with Gasteiger partial charge in [0, 0.05) is 18.7 Å². The van der Waals surface area contributed by atoms with Gasteiger partial charge in [0.2, 0.25) is 0 Å². The van der Waals surface area contributed by atoms with E-state index < -0.39 is 11.8 Å². The van der Waals surface area contributed by atoms with Gasteiger partial charge in [-0.25, -0.2) is 0 Å². The summed E-state index contributed by atoms with van der Waals surface area (Å²) in [5.41, 5.74) is 1.72. The Labute approximate surface area is 171 Å². The Morgan fingerprint density at radius 1 is 1.17 bits per heavy atom. The second-order valence-corrected chi connectivity index (χ2v) is 7.52. The van der Waals surface area contributed by atoms with Crippen molar-refractivity contribution in [2.24, 2.45) is 5.92 Å². The topological polar surface area (TPSA) is 83.8 Å². The molecule has 2 heterocycles. The third-order valence-corrected chi connectivity index (χ3v) is 5.36. The van der Waals surface area contributed by atoms with Crippen LogP contribution in [0.2, 0.25) is 0 Å². The monoisotopic (exact) mass is 399 g/mol. The molecule has 0 saturated carbocycles. The summed E-state index contributed by atoms with van der Waals surface area (Å²) in [4.78, 5) is 26.7. The van der Waals surface area contributed by atoms with Gasteiger partial charge in [0.15, 0.2) is 0 Å². The largest absolute Gasteiger partial charge is 0.495 e. The molecule has 1 aliphatic heterocycles. The van der Waals surface area contributed by atoms with Gasteiger partial charge in [-0.05, 0) is 63.9 Å². The number of carbonyl (C=O) groups excluding carboxylic acids is 2. The Balaban J connectivity index is 1.41. The number of rotatable bonds is 6. The van der Waals surface area contributed by atoms with Crippen molar-refractivity contribution in [1.29, 1.82) is 0 Å². The molecule has 1 aromatic heterocycles. The zero-order valence-corrected chi connectivity index (χ0v) is 17.3. The number of carbonyl (C=O) groups is 2. The number of ether oxygens (including phenoxy) is 1. The Bertz CT molecular complexity index is 853. The van der Waals surface area contributed by atoms with Crippen molar-refractivity contribution >= 4 is 17.5 Å². The van der Waals surface area contributed by atoms with E-state index in [0.717, 1.165) is 44.0 Å². The van der Waals surface area contributed by atoms with Gasteiger partial charge in [-0.15, -0.1) is 0 Å². The van der Waals surface area contributed by atoms with Crippen LogP contribution in [0, 0.1) is 19.8 Å². The van der Waals surface area contributed by atoms with Crippen LogP contribution in [-0.2, 0) is 16.1 Å². The fourth-order valence-corrected chi connectivity index (χ4v) is 3.67. The Hall–Kier alpha value is -2.80. The highest BCUT2D eigenvalue weighted by atomic mass is 16.5. The van der Waals surface area contributed by atoms with E-state index in [9.17, 15) is 9.59 Å². The molecule has 156 valence electrons. The number of nitrogens with zero attached hydrogens (tertiary/aromatic N) is 1. The number of amides is 2. The molecule has 1 fully saturated rings. The minimum atomic E-state index is -0.683. The maximum absolute atomic E-state index is 12.2. The van der Waals surface area contributed by atoms with Crippen LogP contribution < -0.4 is 15.4 Å². The summed E-state index contributed by atoms with van der Waals surface area (Å²) in [6.45, 7) is 7.31. The zero-order chi connectivity index (χ0) is 20.8. The summed E-state index contributed by atoms with van der Waals surface area (Å²) in [6, 6.07) is 9.10. The second-order valence-electron chi connectivity index (χ2n) is 7.52. The molecule has 0 unspecified atom stereocenters. The SMILES string of the molecule is COc1ccccc1NC(=O)C(=O)NCC1CCN(Cc2cc(C)oc2C)CC1. The molecule has 29 heavy (non-hydrogen) atoms. The lowest BCUT2D eigenvalue weighted by Gasteiger charge is -2.31. The van der Waals surface area contributed by atoms with Crippen LogP contribution in [0.25, 0.3) is 0 Å². The number of piperidine rings is 1. The van der Waals surface area contributed by atoms with E-state index in [1.165, 1.54) is 12.7 Å². The summed E-state index contributed by atoms with van der Waals surface area (Å²) >= 11 is 0. The smallest absolute Gasteiger partial charge is 0.313 e. The zero-order valence-electron chi connectivity index (χ0n) is 17.3. The number of methoxy groups -OCH3 is 1. The molecule has 0 aliphatic carbocycles. The number of hydrogen-bond acceptors (Lipinski definition) is 5. The molecule has 0 radical (unpaired) electrons. The van der Waals surface area contributed by atoms with Crippen molar-refractivity contribution in [3.05, 3.63) is 47.4 Å². The molecule has 3 rings (SSSR count). The third kappa shape index (κ3) is 5.60. The minimum Gasteiger partial charge on any atom is -0.495 e. The Morgan fingerprint density at radius 3 is 2.55 bits per heavy atom. The first-order chi connectivity index (χ1) is 14.0. The number of nitrogens with one attached hydrogen (secondary N) is 2. The molecule has 1 aliphatic rings. The number of aryl methyl sites for hydroxylation is 2. The number of furan rings is 1. The van der Waals surface area contributed by atoms with Crippen molar-refractivity contribution in [1.82, 2.24) is 10.2 Å². The first-order valence-corrected chi connectivity index (χ1v) is 9.96. The van der Waals surface area contributed by atoms with E-state index in [1.807, 2.05) is 13.8 Å². The lowest BCUT2D eigenvalue weighted by atomic mass is 9.96. The quantitative estimate of drug-likeness (QED) is 0.730. The summed E-state index contributed by atoms with van der Waals surface area (Å²) < 4.78 is 10.8. The van der Waals surface area contributed by atoms with E-state index in [1.54, 1.807) is 24.3 Å². The number of likely N-dealkylation sites (tertiary alicyclic amines) is 1. The third-order valence-electron chi connectivity index (χ3n) is 5.36. The number of anilines is 1. The van der Waals surface area contributed by atoms with Crippen LogP contribution in [0.3, 0.4) is 0 Å². The van der Waals surface area contributed by atoms with Gasteiger partial charge in [0.1, 0.15) is 17.3 Å². The standard InChI is InChI=1S/C22H29N3O4/c1-15-12-18(16(2)29-15)14-25-10-8-17(9-11-25)13-23-21(26)22(27)24-19-6-4-5-7-20(19)28-3/h4-7,12,17H,8-11,13-14H2,1-3H3,(H,23,26)(H,24,27). The van der Waals surface area contributed by atoms with E-state index in [4.69, 9.17) is 9.15 Å². The molecule has 2 aromatic rings. The lowest BCUT2D eigenvalue weighted by Crippen LogP contribution is -2.41. The first kappa shape index (κ1) is 20.9. The highest BCUT2D eigenvalue weighted by Gasteiger charge is 2.22. The molecule has 2 N–H and O–H groups in total. The predicted molar refractivity (Wildman–Crippen MR) is 111 cm³/mol. The normalized spacial score (nSPS) is 15.1. The van der Waals surface area contributed by atoms with E-state index in [-0.39, 0.29) is 0 Å². The van der Waals surface area contributed by atoms with Crippen LogP contribution in [0.5, 0.6) is 5.75 Å². The molecule has 0 atom stereocenters. The fourth-order valence-electron chi connectivity index (χ4n) is 3.67. The predicted octanol–water partition coefficient (Wildman–Crippen LogP) is 2.87. The summed E-state index contributed by atoms with van der Waals surface area (Å²) in [6.07, 6.45) is 1.98. The molecule has 2 amide bonds. The maximum Gasteiger partial charge on any atom is 0.313 e. The first-order valence-electron chi connectivity index (χ1n) is 9.96. The van der Waals surface area contributed by atoms with Crippen molar-refractivity contribution in [2.45, 2.75) is 33.2 Å². The average Bonchev–Trinajstić information content (AvgIpc) is 3.04. The molecule has 7 heteroatoms. The minimum absolute atomic E-state index is 0.376. The summed E-state index contributed by atoms with van der Waals surface area (Å²) in [5.74, 6) is 1.52. The highest BCUT2D eigenvalue weighted by Crippen LogP contribution is 2.23. The second kappa shape index (κ2) is 9.60. The molecule has 7 nitrogen and oxygen atoms in total. The van der Waals surface area contributed by atoms with Crippen LogP contribution in [-0.4, -0.2) is 43.5 Å². The number of benzene rings is 1. The van der Waals surface area contributed by atoms with Crippen molar-refractivity contribution in [3.63, 3.8) is 0 Å². The van der Waals surface area contributed by atoms with Gasteiger partial charge in [-0.3, -0.25) is 14.5 Å². The molecule has 1 saturated heterocycles. The van der Waals surface area contributed by atoms with Gasteiger partial charge in [0.25, 0.3) is 0 Å². The van der Waals surface area contributed by atoms with Crippen LogP contribution in [0.4, 0.5) is 5.69 Å². The number of para-hydroxylation sites is 2. The fraction of sp³-hybridized carbons (Fsp3) is 0.455. The van der Waals surface area contributed by atoms with Crippen LogP contribution in [0.1, 0.15) is 29.9 Å². The maximum atomic E-state index is 12.2. The van der Waals surface area contributed by atoms with E-state index in [0.29, 0.717) is 23.9 Å². The molecule has 0 spiro atoms. The van der Waals surface area contributed by atoms with E-state index >= 15 is 0 Å². The van der Waals surface area contributed by atoms with Gasteiger partial charge in [-0.2, -0.15) is 0 Å². The van der Waals surface area contributed by atoms with E-state index in [2.05, 4.69) is 21.6 Å². The van der Waals surface area contributed by atoms with Crippen LogP contribution >= 0.6 is 0 Å². The Kier molecular flexibility index (Phi) is 6.93. The molecular formula is C22H29N3O4. The number of hydrogen-bond donors (Lipinski definition) is 2. The highest BCUT2D eigenvalue weighted by molar-refractivity contribution is 6.39. The Morgan fingerprint density at radius 2 is 1.90 bits per heavy atom. The molecule has 1 aromatic carbocycles. The molecular weight excluding hydrogens is 370 g/mol. The molecule has 0 bridgehead atoms. The van der Waals surface area contributed by atoms with Gasteiger partial charge < -0.3 is 19.8 Å². The van der Waals surface area contributed by atoms with Crippen molar-refractivity contribution in [2.75, 3.05) is 32.1 Å². The van der Waals surface area contributed by atoms with Crippen molar-refractivity contribution < 1.29 is 18.7 Å². The average molecular weight is 399 g/mol. The van der Waals surface area contributed by atoms with Crippen LogP contribution in [0.15, 0.2) is 34.7 Å². The van der Waals surface area contributed by atoms with Gasteiger partial charge >= 0.3 is 11.8 Å².